The van der Waals surface area contributed by atoms with Crippen molar-refractivity contribution in [1.29, 1.82) is 0 Å². The van der Waals surface area contributed by atoms with Gasteiger partial charge in [0.05, 0.1) is 19.6 Å². The number of aliphatic hydroxyl groups is 1. The number of hydrogen-bond acceptors (Lipinski definition) is 9. The van der Waals surface area contributed by atoms with Crippen LogP contribution >= 0.6 is 0 Å². The fourth-order valence-electron chi connectivity index (χ4n) is 4.72. The lowest BCUT2D eigenvalue weighted by molar-refractivity contribution is -0.237. The summed E-state index contributed by atoms with van der Waals surface area (Å²) in [6.45, 7) is 4.19. The number of methoxy groups -OCH3 is 2. The Labute approximate surface area is 199 Å². The van der Waals surface area contributed by atoms with Crippen molar-refractivity contribution in [3.8, 4) is 5.75 Å². The van der Waals surface area contributed by atoms with E-state index in [2.05, 4.69) is 33.3 Å². The monoisotopic (exact) mass is 468 g/mol. The summed E-state index contributed by atoms with van der Waals surface area (Å²) in [5.41, 5.74) is 8.35. The van der Waals surface area contributed by atoms with Gasteiger partial charge in [-0.3, -0.25) is 0 Å². The molecule has 3 aromatic rings. The van der Waals surface area contributed by atoms with Crippen LogP contribution in [0.15, 0.2) is 42.5 Å². The molecule has 3 atom stereocenters. The summed E-state index contributed by atoms with van der Waals surface area (Å²) in [4.78, 5) is 3.50. The topological polar surface area (TPSA) is 121 Å². The number of nitrogens with two attached hydrogens (primary N) is 1. The van der Waals surface area contributed by atoms with Crippen LogP contribution in [0.4, 0.5) is 11.4 Å². The minimum absolute atomic E-state index is 0.307. The SMILES string of the molecule is CCc1ccccc1N(Cc1nnn(C)n1)[C@H]1c2cc(N)ccc2O[C@](C)(C(OC)OC)[C@@H]1O. The summed E-state index contributed by atoms with van der Waals surface area (Å²) in [5, 5.41) is 24.5. The van der Waals surface area contributed by atoms with Gasteiger partial charge >= 0.3 is 0 Å². The lowest BCUT2D eigenvalue weighted by atomic mass is 9.83. The number of aromatic nitrogens is 4. The molecule has 1 aliphatic rings. The Morgan fingerprint density at radius 1 is 1.24 bits per heavy atom. The smallest absolute Gasteiger partial charge is 0.199 e. The second-order valence-corrected chi connectivity index (χ2v) is 8.58. The molecule has 0 bridgehead atoms. The molecule has 34 heavy (non-hydrogen) atoms. The molecule has 2 heterocycles. The molecule has 1 aliphatic heterocycles. The van der Waals surface area contributed by atoms with E-state index >= 15 is 0 Å². The molecule has 3 N–H and O–H groups in total. The molecule has 0 radical (unpaired) electrons. The Kier molecular flexibility index (Phi) is 6.74. The molecule has 10 heteroatoms. The summed E-state index contributed by atoms with van der Waals surface area (Å²) in [5.74, 6) is 1.12. The number of ether oxygens (including phenoxy) is 3. The molecular weight excluding hydrogens is 436 g/mol. The van der Waals surface area contributed by atoms with Gasteiger partial charge in [0.1, 0.15) is 11.9 Å². The summed E-state index contributed by atoms with van der Waals surface area (Å²) in [6.07, 6.45) is -1.08. The van der Waals surface area contributed by atoms with Gasteiger partial charge in [0.15, 0.2) is 17.7 Å². The van der Waals surface area contributed by atoms with Gasteiger partial charge < -0.3 is 30.0 Å². The highest BCUT2D eigenvalue weighted by atomic mass is 16.7. The lowest BCUT2D eigenvalue weighted by Gasteiger charge is -2.50. The second kappa shape index (κ2) is 9.57. The first kappa shape index (κ1) is 23.9. The highest BCUT2D eigenvalue weighted by molar-refractivity contribution is 5.60. The van der Waals surface area contributed by atoms with Crippen LogP contribution in [0.2, 0.25) is 0 Å². The number of hydrogen-bond donors (Lipinski definition) is 2. The molecule has 0 saturated carbocycles. The van der Waals surface area contributed by atoms with Gasteiger partial charge in [0.2, 0.25) is 0 Å². The van der Waals surface area contributed by atoms with Crippen molar-refractivity contribution < 1.29 is 19.3 Å². The predicted octanol–water partition coefficient (Wildman–Crippen LogP) is 2.23. The fraction of sp³-hybridized carbons (Fsp3) is 0.458. The van der Waals surface area contributed by atoms with Crippen LogP contribution in [-0.2, 0) is 29.5 Å². The predicted molar refractivity (Wildman–Crippen MR) is 127 cm³/mol. The third-order valence-electron chi connectivity index (χ3n) is 6.34. The molecule has 1 aromatic heterocycles. The summed E-state index contributed by atoms with van der Waals surface area (Å²) in [6, 6.07) is 12.9. The number of aliphatic hydroxyl groups excluding tert-OH is 1. The van der Waals surface area contributed by atoms with E-state index in [1.807, 2.05) is 30.3 Å². The maximum absolute atomic E-state index is 11.9. The third-order valence-corrected chi connectivity index (χ3v) is 6.34. The van der Waals surface area contributed by atoms with Gasteiger partial charge in [-0.2, -0.15) is 4.80 Å². The number of para-hydroxylation sites is 1. The highest BCUT2D eigenvalue weighted by Gasteiger charge is 2.54. The Morgan fingerprint density at radius 2 is 1.97 bits per heavy atom. The Balaban J connectivity index is 1.93. The number of fused-ring (bicyclic) bond motifs is 1. The molecule has 0 aliphatic carbocycles. The third kappa shape index (κ3) is 4.20. The zero-order valence-corrected chi connectivity index (χ0v) is 20.2. The van der Waals surface area contributed by atoms with Crippen molar-refractivity contribution in [3.05, 3.63) is 59.4 Å². The van der Waals surface area contributed by atoms with Crippen molar-refractivity contribution >= 4 is 11.4 Å². The maximum Gasteiger partial charge on any atom is 0.199 e. The molecule has 0 fully saturated rings. The van der Waals surface area contributed by atoms with Crippen molar-refractivity contribution in [2.45, 2.75) is 50.8 Å². The van der Waals surface area contributed by atoms with Crippen LogP contribution in [0, 0.1) is 0 Å². The molecule has 182 valence electrons. The standard InChI is InChI=1S/C24H32N6O4/c1-6-15-9-7-8-10-18(15)30(14-20-26-28-29(3)27-20)21-17-13-16(25)11-12-19(17)34-24(2,22(21)31)23(32-4)33-5/h7-13,21-23,31H,6,14,25H2,1-5H3/t21-,22+,24-/m0/s1. The van der Waals surface area contributed by atoms with E-state index < -0.39 is 24.0 Å². The first-order chi connectivity index (χ1) is 16.3. The number of nitrogen functional groups attached to an aromatic ring is 1. The number of aryl methyl sites for hydroxylation is 2. The minimum Gasteiger partial charge on any atom is -0.479 e. The van der Waals surface area contributed by atoms with Crippen LogP contribution in [0.3, 0.4) is 0 Å². The van der Waals surface area contributed by atoms with Gasteiger partial charge in [0.25, 0.3) is 0 Å². The Hall–Kier alpha value is -3.21. The van der Waals surface area contributed by atoms with Gasteiger partial charge in [-0.15, -0.1) is 10.2 Å². The fourth-order valence-corrected chi connectivity index (χ4v) is 4.72. The molecule has 0 unspecified atom stereocenters. The van der Waals surface area contributed by atoms with E-state index in [9.17, 15) is 5.11 Å². The van der Waals surface area contributed by atoms with E-state index in [1.165, 1.54) is 19.0 Å². The molecule has 4 rings (SSSR count). The van der Waals surface area contributed by atoms with Crippen LogP contribution < -0.4 is 15.4 Å². The zero-order valence-electron chi connectivity index (χ0n) is 20.2. The van der Waals surface area contributed by atoms with E-state index in [1.54, 1.807) is 20.0 Å². The minimum atomic E-state index is -1.22. The normalized spacial score (nSPS) is 21.9. The highest BCUT2D eigenvalue weighted by Crippen LogP contribution is 2.47. The van der Waals surface area contributed by atoms with Crippen molar-refractivity contribution in [2.24, 2.45) is 7.05 Å². The van der Waals surface area contributed by atoms with E-state index in [0.29, 0.717) is 23.8 Å². The van der Waals surface area contributed by atoms with E-state index in [4.69, 9.17) is 19.9 Å². The largest absolute Gasteiger partial charge is 0.479 e. The number of nitrogens with zero attached hydrogens (tertiary/aromatic N) is 5. The quantitative estimate of drug-likeness (QED) is 0.379. The van der Waals surface area contributed by atoms with Crippen LogP contribution in [0.5, 0.6) is 5.75 Å². The van der Waals surface area contributed by atoms with Crippen molar-refractivity contribution in [2.75, 3.05) is 24.9 Å². The van der Waals surface area contributed by atoms with Gasteiger partial charge in [-0.25, -0.2) is 0 Å². The molecule has 2 aromatic carbocycles. The first-order valence-corrected chi connectivity index (χ1v) is 11.2. The van der Waals surface area contributed by atoms with Crippen LogP contribution in [-0.4, -0.2) is 57.5 Å². The number of anilines is 2. The second-order valence-electron chi connectivity index (χ2n) is 8.58. The Bertz CT molecular complexity index is 1130. The molecule has 10 nitrogen and oxygen atoms in total. The van der Waals surface area contributed by atoms with Crippen molar-refractivity contribution in [3.63, 3.8) is 0 Å². The lowest BCUT2D eigenvalue weighted by Crippen LogP contribution is -2.62. The average Bonchev–Trinajstić information content (AvgIpc) is 3.24. The molecule has 0 spiro atoms. The van der Waals surface area contributed by atoms with Gasteiger partial charge in [-0.1, -0.05) is 25.1 Å². The summed E-state index contributed by atoms with van der Waals surface area (Å²) in [7, 11) is 4.77. The molecule has 0 saturated heterocycles. The summed E-state index contributed by atoms with van der Waals surface area (Å²) >= 11 is 0. The summed E-state index contributed by atoms with van der Waals surface area (Å²) < 4.78 is 17.5. The number of benzene rings is 2. The van der Waals surface area contributed by atoms with Gasteiger partial charge in [0, 0.05) is 31.2 Å². The average molecular weight is 469 g/mol. The molecule has 0 amide bonds. The maximum atomic E-state index is 11.9. The van der Waals surface area contributed by atoms with Crippen LogP contribution in [0.25, 0.3) is 0 Å². The van der Waals surface area contributed by atoms with Gasteiger partial charge in [-0.05, 0) is 48.4 Å². The van der Waals surface area contributed by atoms with E-state index in [-0.39, 0.29) is 0 Å². The number of rotatable bonds is 8. The van der Waals surface area contributed by atoms with Crippen LogP contribution in [0.1, 0.15) is 36.8 Å². The van der Waals surface area contributed by atoms with Crippen molar-refractivity contribution in [1.82, 2.24) is 20.2 Å². The first-order valence-electron chi connectivity index (χ1n) is 11.2. The zero-order chi connectivity index (χ0) is 24.5. The molecular formula is C24H32N6O4. The Morgan fingerprint density at radius 3 is 2.62 bits per heavy atom. The van der Waals surface area contributed by atoms with E-state index in [0.717, 1.165) is 23.2 Å². The number of tetrazole rings is 1.